The highest BCUT2D eigenvalue weighted by Crippen LogP contribution is 2.22. The zero-order valence-electron chi connectivity index (χ0n) is 11.2. The van der Waals surface area contributed by atoms with Crippen LogP contribution in [-0.4, -0.2) is 17.9 Å². The monoisotopic (exact) mass is 284 g/mol. The Morgan fingerprint density at radius 3 is 2.55 bits per heavy atom. The Kier molecular flexibility index (Phi) is 4.96. The molecule has 102 valence electrons. The predicted octanol–water partition coefficient (Wildman–Crippen LogP) is 3.40. The number of amides is 1. The van der Waals surface area contributed by atoms with Crippen molar-refractivity contribution in [1.82, 2.24) is 0 Å². The fourth-order valence-electron chi connectivity index (χ4n) is 1.84. The van der Waals surface area contributed by atoms with Crippen molar-refractivity contribution >= 4 is 29.1 Å². The van der Waals surface area contributed by atoms with Gasteiger partial charge in [0.15, 0.2) is 0 Å². The third-order valence-corrected chi connectivity index (χ3v) is 3.49. The van der Waals surface area contributed by atoms with E-state index in [0.29, 0.717) is 5.71 Å². The van der Waals surface area contributed by atoms with Gasteiger partial charge >= 0.3 is 0 Å². The molecule has 0 spiro atoms. The molecule has 0 heterocycles. The summed E-state index contributed by atoms with van der Waals surface area (Å²) in [6.45, 7) is 0. The van der Waals surface area contributed by atoms with Gasteiger partial charge in [-0.2, -0.15) is 0 Å². The second kappa shape index (κ2) is 6.91. The fourth-order valence-corrected chi connectivity index (χ4v) is 2.29. The minimum Gasteiger partial charge on any atom is -0.369 e. The molecule has 1 amide bonds. The lowest BCUT2D eigenvalue weighted by molar-refractivity contribution is -0.116. The number of hydrogen-bond acceptors (Lipinski definition) is 3. The molecule has 0 saturated heterocycles. The summed E-state index contributed by atoms with van der Waals surface area (Å²) in [5, 5.41) is 0. The summed E-state index contributed by atoms with van der Waals surface area (Å²) >= 11 is 1.66. The highest BCUT2D eigenvalue weighted by atomic mass is 32.2. The van der Waals surface area contributed by atoms with Crippen molar-refractivity contribution in [2.45, 2.75) is 11.3 Å². The van der Waals surface area contributed by atoms with Gasteiger partial charge in [0.05, 0.1) is 17.8 Å². The van der Waals surface area contributed by atoms with E-state index in [2.05, 4.69) is 4.99 Å². The Morgan fingerprint density at radius 2 is 1.90 bits per heavy atom. The standard InChI is InChI=1S/C16H16N2OS/c1-20-14-9-5-8-13(10-14)18-15(11-16(17)19)12-6-3-2-4-7-12/h2-10H,11H2,1H3,(H2,17,19). The van der Waals surface area contributed by atoms with Gasteiger partial charge in [-0.15, -0.1) is 11.8 Å². The summed E-state index contributed by atoms with van der Waals surface area (Å²) in [5.74, 6) is -0.381. The van der Waals surface area contributed by atoms with E-state index in [1.165, 1.54) is 0 Å². The number of benzene rings is 2. The van der Waals surface area contributed by atoms with E-state index in [1.807, 2.05) is 60.9 Å². The number of carbonyl (C=O) groups excluding carboxylic acids is 1. The van der Waals surface area contributed by atoms with Crippen LogP contribution < -0.4 is 5.73 Å². The van der Waals surface area contributed by atoms with Gasteiger partial charge in [0.1, 0.15) is 0 Å². The highest BCUT2D eigenvalue weighted by molar-refractivity contribution is 7.98. The van der Waals surface area contributed by atoms with Crippen LogP contribution in [0.1, 0.15) is 12.0 Å². The molecule has 2 aromatic rings. The minimum atomic E-state index is -0.381. The molecule has 0 radical (unpaired) electrons. The van der Waals surface area contributed by atoms with Crippen LogP contribution in [0.3, 0.4) is 0 Å². The highest BCUT2D eigenvalue weighted by Gasteiger charge is 2.07. The maximum atomic E-state index is 11.2. The van der Waals surface area contributed by atoms with Crippen LogP contribution in [-0.2, 0) is 4.79 Å². The van der Waals surface area contributed by atoms with Crippen molar-refractivity contribution in [3.8, 4) is 0 Å². The van der Waals surface area contributed by atoms with Crippen molar-refractivity contribution in [3.63, 3.8) is 0 Å². The Morgan fingerprint density at radius 1 is 1.15 bits per heavy atom. The molecule has 0 aromatic heterocycles. The molecule has 20 heavy (non-hydrogen) atoms. The van der Waals surface area contributed by atoms with Crippen LogP contribution in [0.15, 0.2) is 64.5 Å². The number of hydrogen-bond donors (Lipinski definition) is 1. The Labute approximate surface area is 122 Å². The molecule has 0 atom stereocenters. The average Bonchev–Trinajstić information content (AvgIpc) is 2.47. The maximum absolute atomic E-state index is 11.2. The first kappa shape index (κ1) is 14.3. The molecule has 3 nitrogen and oxygen atoms in total. The average molecular weight is 284 g/mol. The quantitative estimate of drug-likeness (QED) is 0.675. The Hall–Kier alpha value is -2.07. The van der Waals surface area contributed by atoms with Crippen LogP contribution in [0.2, 0.25) is 0 Å². The molecule has 0 fully saturated rings. The Balaban J connectivity index is 2.39. The third kappa shape index (κ3) is 3.96. The molecule has 4 heteroatoms. The first-order valence-electron chi connectivity index (χ1n) is 6.24. The summed E-state index contributed by atoms with van der Waals surface area (Å²) < 4.78 is 0. The van der Waals surface area contributed by atoms with Crippen LogP contribution in [0.5, 0.6) is 0 Å². The van der Waals surface area contributed by atoms with Crippen molar-refractivity contribution in [2.24, 2.45) is 10.7 Å². The second-order valence-electron chi connectivity index (χ2n) is 4.27. The molecule has 0 aliphatic heterocycles. The van der Waals surface area contributed by atoms with E-state index in [1.54, 1.807) is 11.8 Å². The number of thioether (sulfide) groups is 1. The third-order valence-electron chi connectivity index (χ3n) is 2.77. The first-order chi connectivity index (χ1) is 9.69. The molecule has 2 rings (SSSR count). The fraction of sp³-hybridized carbons (Fsp3) is 0.125. The van der Waals surface area contributed by atoms with Crippen LogP contribution in [0.4, 0.5) is 5.69 Å². The zero-order valence-corrected chi connectivity index (χ0v) is 12.1. The number of primary amides is 1. The normalized spacial score (nSPS) is 11.3. The van der Waals surface area contributed by atoms with E-state index in [9.17, 15) is 4.79 Å². The molecule has 0 saturated carbocycles. The molecule has 0 aliphatic rings. The largest absolute Gasteiger partial charge is 0.369 e. The number of nitrogens with two attached hydrogens (primary N) is 1. The molecular formula is C16H16N2OS. The van der Waals surface area contributed by atoms with Gasteiger partial charge in [0, 0.05) is 4.90 Å². The van der Waals surface area contributed by atoms with Crippen molar-refractivity contribution < 1.29 is 4.79 Å². The van der Waals surface area contributed by atoms with E-state index in [0.717, 1.165) is 16.1 Å². The Bertz CT molecular complexity index is 623. The van der Waals surface area contributed by atoms with Gasteiger partial charge in [-0.1, -0.05) is 36.4 Å². The summed E-state index contributed by atoms with van der Waals surface area (Å²) in [7, 11) is 0. The van der Waals surface area contributed by atoms with Crippen LogP contribution >= 0.6 is 11.8 Å². The molecule has 0 aliphatic carbocycles. The molecule has 0 bridgehead atoms. The molecular weight excluding hydrogens is 268 g/mol. The number of nitrogens with zero attached hydrogens (tertiary/aromatic N) is 1. The number of rotatable bonds is 5. The minimum absolute atomic E-state index is 0.132. The topological polar surface area (TPSA) is 55.4 Å². The van der Waals surface area contributed by atoms with Gasteiger partial charge in [-0.3, -0.25) is 9.79 Å². The lowest BCUT2D eigenvalue weighted by atomic mass is 10.1. The maximum Gasteiger partial charge on any atom is 0.223 e. The molecule has 2 aromatic carbocycles. The predicted molar refractivity (Wildman–Crippen MR) is 84.7 cm³/mol. The lowest BCUT2D eigenvalue weighted by Crippen LogP contribution is -2.16. The smallest absolute Gasteiger partial charge is 0.223 e. The lowest BCUT2D eigenvalue weighted by Gasteiger charge is -2.06. The molecule has 2 N–H and O–H groups in total. The van der Waals surface area contributed by atoms with Crippen molar-refractivity contribution in [2.75, 3.05) is 6.26 Å². The summed E-state index contributed by atoms with van der Waals surface area (Å²) in [4.78, 5) is 17.0. The number of aliphatic imine (C=N–C) groups is 1. The summed E-state index contributed by atoms with van der Waals surface area (Å²) in [5.41, 5.74) is 7.76. The second-order valence-corrected chi connectivity index (χ2v) is 5.15. The summed E-state index contributed by atoms with van der Waals surface area (Å²) in [6.07, 6.45) is 2.15. The first-order valence-corrected chi connectivity index (χ1v) is 7.47. The van der Waals surface area contributed by atoms with E-state index >= 15 is 0 Å². The van der Waals surface area contributed by atoms with Gasteiger partial charge in [0.2, 0.25) is 5.91 Å². The summed E-state index contributed by atoms with van der Waals surface area (Å²) in [6, 6.07) is 17.5. The van der Waals surface area contributed by atoms with Crippen molar-refractivity contribution in [3.05, 3.63) is 60.2 Å². The van der Waals surface area contributed by atoms with Crippen LogP contribution in [0, 0.1) is 0 Å². The van der Waals surface area contributed by atoms with Gasteiger partial charge in [-0.25, -0.2) is 0 Å². The van der Waals surface area contributed by atoms with Crippen molar-refractivity contribution in [1.29, 1.82) is 0 Å². The van der Waals surface area contributed by atoms with E-state index < -0.39 is 0 Å². The SMILES string of the molecule is CSc1cccc(N=C(CC(N)=O)c2ccccc2)c1. The number of carbonyl (C=O) groups is 1. The van der Waals surface area contributed by atoms with Gasteiger partial charge < -0.3 is 5.73 Å². The van der Waals surface area contributed by atoms with E-state index in [4.69, 9.17) is 5.73 Å². The van der Waals surface area contributed by atoms with Gasteiger partial charge in [0.25, 0.3) is 0 Å². The zero-order chi connectivity index (χ0) is 14.4. The van der Waals surface area contributed by atoms with Gasteiger partial charge in [-0.05, 0) is 30.0 Å². The van der Waals surface area contributed by atoms with Crippen LogP contribution in [0.25, 0.3) is 0 Å². The molecule has 0 unspecified atom stereocenters. The van der Waals surface area contributed by atoms with E-state index in [-0.39, 0.29) is 12.3 Å².